The van der Waals surface area contributed by atoms with E-state index in [1.165, 1.54) is 11.1 Å². The van der Waals surface area contributed by atoms with Crippen LogP contribution < -0.4 is 11.1 Å². The third-order valence-corrected chi connectivity index (χ3v) is 3.48. The van der Waals surface area contributed by atoms with Crippen molar-refractivity contribution in [3.63, 3.8) is 0 Å². The number of nitrogens with one attached hydrogen (secondary N) is 1. The van der Waals surface area contributed by atoms with Gasteiger partial charge in [0.2, 0.25) is 0 Å². The van der Waals surface area contributed by atoms with Gasteiger partial charge in [0.15, 0.2) is 5.82 Å². The van der Waals surface area contributed by atoms with Gasteiger partial charge in [-0.2, -0.15) is 0 Å². The molecule has 1 atom stereocenters. The predicted octanol–water partition coefficient (Wildman–Crippen LogP) is 1.83. The van der Waals surface area contributed by atoms with Crippen LogP contribution in [-0.4, -0.2) is 22.0 Å². The molecule has 3 N–H and O–H groups in total. The number of amides is 1. The van der Waals surface area contributed by atoms with Gasteiger partial charge in [-0.3, -0.25) is 4.79 Å². The fourth-order valence-corrected chi connectivity index (χ4v) is 2.19. The maximum Gasteiger partial charge on any atom is 0.284 e. The lowest BCUT2D eigenvalue weighted by Gasteiger charge is -2.14. The molecular formula is C16H21N4O. The standard InChI is InChI=1S/C16H21N4O/c1-12-4-6-14(7-5-12)13(2)18-8-3-10-20-11-9-19-16(20)15(17)21/h4-7,11,13,18H,3,8,10H2,1-2H3,(H2,17,21)/t13-/m0/s1. The smallest absolute Gasteiger partial charge is 0.284 e. The highest BCUT2D eigenvalue weighted by Crippen LogP contribution is 2.12. The van der Waals surface area contributed by atoms with Crippen molar-refractivity contribution < 1.29 is 4.79 Å². The van der Waals surface area contributed by atoms with Crippen LogP contribution in [0.15, 0.2) is 30.5 Å². The molecule has 5 nitrogen and oxygen atoms in total. The second-order valence-electron chi connectivity index (χ2n) is 5.19. The minimum Gasteiger partial charge on any atom is -0.363 e. The molecule has 1 aromatic carbocycles. The molecule has 0 saturated carbocycles. The quantitative estimate of drug-likeness (QED) is 0.762. The van der Waals surface area contributed by atoms with Gasteiger partial charge in [0, 0.05) is 18.8 Å². The van der Waals surface area contributed by atoms with Gasteiger partial charge in [-0.1, -0.05) is 29.8 Å². The van der Waals surface area contributed by atoms with Crippen LogP contribution in [0.2, 0.25) is 0 Å². The SMILES string of the molecule is Cc1ccc([C@H](C)NCCCn2c[c]nc2C(N)=O)cc1. The first kappa shape index (κ1) is 15.3. The second-order valence-corrected chi connectivity index (χ2v) is 5.19. The van der Waals surface area contributed by atoms with Crippen LogP contribution in [0.3, 0.4) is 0 Å². The van der Waals surface area contributed by atoms with Crippen LogP contribution in [0.1, 0.15) is 41.1 Å². The fourth-order valence-electron chi connectivity index (χ4n) is 2.19. The average Bonchev–Trinajstić information content (AvgIpc) is 2.92. The van der Waals surface area contributed by atoms with E-state index in [1.807, 2.05) is 0 Å². The summed E-state index contributed by atoms with van der Waals surface area (Å²) in [6, 6.07) is 8.82. The molecule has 2 aromatic rings. The van der Waals surface area contributed by atoms with Gasteiger partial charge < -0.3 is 15.6 Å². The molecule has 0 spiro atoms. The van der Waals surface area contributed by atoms with Crippen LogP contribution in [0.25, 0.3) is 0 Å². The molecule has 1 heterocycles. The molecule has 2 rings (SSSR count). The molecule has 1 aromatic heterocycles. The first-order valence-electron chi connectivity index (χ1n) is 7.11. The zero-order chi connectivity index (χ0) is 15.2. The maximum absolute atomic E-state index is 11.1. The second kappa shape index (κ2) is 7.04. The summed E-state index contributed by atoms with van der Waals surface area (Å²) >= 11 is 0. The van der Waals surface area contributed by atoms with Crippen molar-refractivity contribution >= 4 is 5.91 Å². The van der Waals surface area contributed by atoms with E-state index < -0.39 is 5.91 Å². The minimum atomic E-state index is -0.516. The summed E-state index contributed by atoms with van der Waals surface area (Å²) in [5.41, 5.74) is 7.78. The summed E-state index contributed by atoms with van der Waals surface area (Å²) < 4.78 is 1.74. The normalized spacial score (nSPS) is 12.3. The van der Waals surface area contributed by atoms with Crippen molar-refractivity contribution in [2.75, 3.05) is 6.54 Å². The van der Waals surface area contributed by atoms with Crippen LogP contribution in [0, 0.1) is 13.1 Å². The fraction of sp³-hybridized carbons (Fsp3) is 0.375. The van der Waals surface area contributed by atoms with Crippen molar-refractivity contribution in [2.24, 2.45) is 5.73 Å². The molecule has 0 aliphatic carbocycles. The van der Waals surface area contributed by atoms with E-state index in [1.54, 1.807) is 10.8 Å². The first-order valence-corrected chi connectivity index (χ1v) is 7.11. The number of nitrogens with two attached hydrogens (primary N) is 1. The molecule has 111 valence electrons. The molecule has 0 saturated heterocycles. The van der Waals surface area contributed by atoms with E-state index in [9.17, 15) is 4.79 Å². The van der Waals surface area contributed by atoms with E-state index in [-0.39, 0.29) is 5.82 Å². The number of aryl methyl sites for hydroxylation is 2. The number of hydrogen-bond donors (Lipinski definition) is 2. The average molecular weight is 285 g/mol. The lowest BCUT2D eigenvalue weighted by atomic mass is 10.1. The van der Waals surface area contributed by atoms with Gasteiger partial charge in [0.05, 0.1) is 0 Å². The minimum absolute atomic E-state index is 0.265. The summed E-state index contributed by atoms with van der Waals surface area (Å²) in [5, 5.41) is 3.47. The van der Waals surface area contributed by atoms with Crippen LogP contribution in [-0.2, 0) is 6.54 Å². The Kier molecular flexibility index (Phi) is 5.11. The molecular weight excluding hydrogens is 264 g/mol. The number of primary amides is 1. The number of imidazole rings is 1. The van der Waals surface area contributed by atoms with E-state index in [0.717, 1.165) is 13.0 Å². The van der Waals surface area contributed by atoms with Crippen LogP contribution in [0.4, 0.5) is 0 Å². The molecule has 0 aliphatic rings. The van der Waals surface area contributed by atoms with E-state index >= 15 is 0 Å². The first-order chi connectivity index (χ1) is 10.1. The lowest BCUT2D eigenvalue weighted by molar-refractivity contribution is 0.0986. The van der Waals surface area contributed by atoms with E-state index in [2.05, 4.69) is 54.6 Å². The molecule has 1 amide bonds. The number of carbonyl (C=O) groups excluding carboxylic acids is 1. The number of nitrogens with zero attached hydrogens (tertiary/aromatic N) is 2. The van der Waals surface area contributed by atoms with E-state index in [0.29, 0.717) is 12.6 Å². The summed E-state index contributed by atoms with van der Waals surface area (Å²) in [6.07, 6.45) is 5.20. The van der Waals surface area contributed by atoms with Gasteiger partial charge >= 0.3 is 0 Å². The molecule has 1 radical (unpaired) electrons. The van der Waals surface area contributed by atoms with Crippen molar-refractivity contribution in [2.45, 2.75) is 32.9 Å². The monoisotopic (exact) mass is 285 g/mol. The Hall–Kier alpha value is -2.14. The van der Waals surface area contributed by atoms with Crippen molar-refractivity contribution in [3.05, 3.63) is 53.6 Å². The van der Waals surface area contributed by atoms with Crippen molar-refractivity contribution in [3.8, 4) is 0 Å². The number of aromatic nitrogens is 2. The Labute approximate surface area is 125 Å². The predicted molar refractivity (Wildman–Crippen MR) is 81.8 cm³/mol. The highest BCUT2D eigenvalue weighted by molar-refractivity contribution is 5.89. The Morgan fingerprint density at radius 3 is 2.81 bits per heavy atom. The molecule has 21 heavy (non-hydrogen) atoms. The number of carbonyl (C=O) groups is 1. The van der Waals surface area contributed by atoms with Gasteiger partial charge in [-0.05, 0) is 32.4 Å². The maximum atomic E-state index is 11.1. The molecule has 5 heteroatoms. The molecule has 0 fully saturated rings. The van der Waals surface area contributed by atoms with Crippen LogP contribution in [0.5, 0.6) is 0 Å². The summed E-state index contributed by atoms with van der Waals surface area (Å²) in [6.45, 7) is 5.78. The molecule has 0 unspecified atom stereocenters. The third kappa shape index (κ3) is 4.16. The van der Waals surface area contributed by atoms with Gasteiger partial charge in [0.1, 0.15) is 6.20 Å². The zero-order valence-corrected chi connectivity index (χ0v) is 12.5. The van der Waals surface area contributed by atoms with E-state index in [4.69, 9.17) is 5.73 Å². The Balaban J connectivity index is 1.78. The zero-order valence-electron chi connectivity index (χ0n) is 12.5. The molecule has 0 aliphatic heterocycles. The van der Waals surface area contributed by atoms with Crippen LogP contribution >= 0.6 is 0 Å². The summed E-state index contributed by atoms with van der Waals surface area (Å²) in [7, 11) is 0. The van der Waals surface area contributed by atoms with Gasteiger partial charge in [0.25, 0.3) is 5.91 Å². The van der Waals surface area contributed by atoms with Crippen molar-refractivity contribution in [1.29, 1.82) is 0 Å². The number of hydrogen-bond acceptors (Lipinski definition) is 3. The topological polar surface area (TPSA) is 72.9 Å². The van der Waals surface area contributed by atoms with Crippen molar-refractivity contribution in [1.82, 2.24) is 14.9 Å². The number of benzene rings is 1. The lowest BCUT2D eigenvalue weighted by Crippen LogP contribution is -2.22. The Bertz CT molecular complexity index is 589. The summed E-state index contributed by atoms with van der Waals surface area (Å²) in [4.78, 5) is 15.0. The highest BCUT2D eigenvalue weighted by atomic mass is 16.1. The largest absolute Gasteiger partial charge is 0.363 e. The molecule has 0 bridgehead atoms. The van der Waals surface area contributed by atoms with Gasteiger partial charge in [-0.25, -0.2) is 4.98 Å². The van der Waals surface area contributed by atoms with Gasteiger partial charge in [-0.15, -0.1) is 0 Å². The summed E-state index contributed by atoms with van der Waals surface area (Å²) in [5.74, 6) is -0.251. The Morgan fingerprint density at radius 1 is 1.43 bits per heavy atom. The highest BCUT2D eigenvalue weighted by Gasteiger charge is 2.08. The Morgan fingerprint density at radius 2 is 2.14 bits per heavy atom. The number of rotatable bonds is 7. The third-order valence-electron chi connectivity index (χ3n) is 3.48.